The van der Waals surface area contributed by atoms with Crippen molar-refractivity contribution in [3.05, 3.63) is 87.6 Å². The summed E-state index contributed by atoms with van der Waals surface area (Å²) in [7, 11) is 1.60. The summed E-state index contributed by atoms with van der Waals surface area (Å²) in [6.45, 7) is 8.34. The van der Waals surface area contributed by atoms with E-state index >= 15 is 0 Å². The van der Waals surface area contributed by atoms with Crippen molar-refractivity contribution in [2.24, 2.45) is 7.05 Å². The fourth-order valence-corrected chi connectivity index (χ4v) is 5.29. The van der Waals surface area contributed by atoms with E-state index in [1.165, 1.54) is 4.57 Å². The summed E-state index contributed by atoms with van der Waals surface area (Å²) in [6.07, 6.45) is 2.09. The Labute approximate surface area is 233 Å². The van der Waals surface area contributed by atoms with Gasteiger partial charge in [-0.3, -0.25) is 9.78 Å². The van der Waals surface area contributed by atoms with Crippen LogP contribution in [0.2, 0.25) is 0 Å². The molecule has 8 nitrogen and oxygen atoms in total. The lowest BCUT2D eigenvalue weighted by atomic mass is 9.88. The van der Waals surface area contributed by atoms with Crippen LogP contribution in [0.5, 0.6) is 11.5 Å². The fourth-order valence-electron chi connectivity index (χ4n) is 5.29. The molecule has 40 heavy (non-hydrogen) atoms. The molecule has 1 aliphatic heterocycles. The van der Waals surface area contributed by atoms with Crippen LogP contribution in [0, 0.1) is 6.92 Å². The highest BCUT2D eigenvalue weighted by Crippen LogP contribution is 2.42. The molecule has 0 bridgehead atoms. The minimum absolute atomic E-state index is 0.252. The molecular weight excluding hydrogens is 508 g/mol. The first-order chi connectivity index (χ1) is 19.0. The van der Waals surface area contributed by atoms with Crippen molar-refractivity contribution in [2.75, 3.05) is 6.61 Å². The van der Waals surface area contributed by atoms with Gasteiger partial charge in [-0.15, -0.1) is 0 Å². The first-order valence-corrected chi connectivity index (χ1v) is 13.4. The van der Waals surface area contributed by atoms with Gasteiger partial charge in [0.15, 0.2) is 6.10 Å². The van der Waals surface area contributed by atoms with E-state index in [0.29, 0.717) is 34.4 Å². The van der Waals surface area contributed by atoms with Crippen molar-refractivity contribution < 1.29 is 24.1 Å². The molecule has 1 atom stereocenters. The molecule has 208 valence electrons. The van der Waals surface area contributed by atoms with Gasteiger partial charge in [0, 0.05) is 18.8 Å². The van der Waals surface area contributed by atoms with Gasteiger partial charge in [-0.25, -0.2) is 4.79 Å². The van der Waals surface area contributed by atoms with Crippen molar-refractivity contribution in [1.82, 2.24) is 9.55 Å². The van der Waals surface area contributed by atoms with E-state index in [1.807, 2.05) is 43.3 Å². The van der Waals surface area contributed by atoms with Crippen LogP contribution in [0.3, 0.4) is 0 Å². The largest absolute Gasteiger partial charge is 0.493 e. The predicted octanol–water partition coefficient (Wildman–Crippen LogP) is 5.75. The van der Waals surface area contributed by atoms with Crippen molar-refractivity contribution in [3.8, 4) is 22.6 Å². The van der Waals surface area contributed by atoms with Gasteiger partial charge in [0.1, 0.15) is 18.1 Å². The molecule has 2 aromatic heterocycles. The first kappa shape index (κ1) is 27.4. The highest BCUT2D eigenvalue weighted by molar-refractivity contribution is 6.00. The van der Waals surface area contributed by atoms with Gasteiger partial charge in [0.25, 0.3) is 5.56 Å². The lowest BCUT2D eigenvalue weighted by Crippen LogP contribution is -2.33. The lowest BCUT2D eigenvalue weighted by Gasteiger charge is -2.29. The van der Waals surface area contributed by atoms with Crippen LogP contribution in [0.25, 0.3) is 21.9 Å². The van der Waals surface area contributed by atoms with Gasteiger partial charge in [-0.1, -0.05) is 12.1 Å². The average molecular weight is 543 g/mol. The van der Waals surface area contributed by atoms with E-state index in [4.69, 9.17) is 14.2 Å². The van der Waals surface area contributed by atoms with Crippen LogP contribution in [0.4, 0.5) is 0 Å². The number of carbonyl (C=O) groups is 1. The van der Waals surface area contributed by atoms with Gasteiger partial charge in [0.05, 0.1) is 29.0 Å². The summed E-state index contributed by atoms with van der Waals surface area (Å²) in [6, 6.07) is 14.8. The standard InChI is InChI=1S/C32H34N2O6/c1-19-22-10-8-16-38-26(22)14-13-23(19)27-24-12-11-21(39-18-20-9-6-7-15-33-20)17-25(24)30(35)34(5)28(27)29(31(36)37)40-32(2,3)4/h6-7,9,11-15,17,29H,8,10,16,18H2,1-5H3,(H,36,37). The minimum atomic E-state index is -1.37. The number of aromatic nitrogens is 2. The van der Waals surface area contributed by atoms with E-state index in [9.17, 15) is 14.7 Å². The van der Waals surface area contributed by atoms with E-state index in [1.54, 1.807) is 46.1 Å². The number of ether oxygens (including phenoxy) is 3. The van der Waals surface area contributed by atoms with Crippen LogP contribution in [0.1, 0.15) is 55.8 Å². The number of carboxylic acid groups (broad SMARTS) is 1. The van der Waals surface area contributed by atoms with Gasteiger partial charge >= 0.3 is 5.97 Å². The molecule has 3 heterocycles. The maximum absolute atomic E-state index is 13.8. The summed E-state index contributed by atoms with van der Waals surface area (Å²) < 4.78 is 19.3. The Bertz CT molecular complexity index is 1640. The molecule has 1 aliphatic rings. The zero-order valence-corrected chi connectivity index (χ0v) is 23.5. The third-order valence-electron chi connectivity index (χ3n) is 7.12. The van der Waals surface area contributed by atoms with Gasteiger partial charge in [-0.2, -0.15) is 0 Å². The van der Waals surface area contributed by atoms with Crippen molar-refractivity contribution in [2.45, 2.75) is 58.8 Å². The number of pyridine rings is 2. The molecule has 0 saturated heterocycles. The molecule has 0 saturated carbocycles. The normalized spacial score (nSPS) is 13.9. The summed E-state index contributed by atoms with van der Waals surface area (Å²) in [5.74, 6) is 0.194. The Morgan fingerprint density at radius 2 is 1.95 bits per heavy atom. The smallest absolute Gasteiger partial charge is 0.339 e. The SMILES string of the molecule is Cc1c(-c2c(C(OC(C)(C)C)C(=O)O)n(C)c(=O)c3cc(OCc4ccccn4)ccc23)ccc2c1CCCO2. The first-order valence-electron chi connectivity index (χ1n) is 13.4. The maximum atomic E-state index is 13.8. The average Bonchev–Trinajstić information content (AvgIpc) is 2.93. The van der Waals surface area contributed by atoms with E-state index in [2.05, 4.69) is 4.98 Å². The third-order valence-corrected chi connectivity index (χ3v) is 7.12. The van der Waals surface area contributed by atoms with E-state index < -0.39 is 17.7 Å². The number of hydrogen-bond acceptors (Lipinski definition) is 6. The highest BCUT2D eigenvalue weighted by Gasteiger charge is 2.34. The van der Waals surface area contributed by atoms with Crippen LogP contribution in [-0.2, 0) is 29.6 Å². The topological polar surface area (TPSA) is 99.9 Å². The lowest BCUT2D eigenvalue weighted by molar-refractivity contribution is -0.161. The van der Waals surface area contributed by atoms with Gasteiger partial charge in [-0.05, 0) is 99.0 Å². The Hall–Kier alpha value is -4.17. The number of benzene rings is 2. The van der Waals surface area contributed by atoms with Crippen molar-refractivity contribution in [3.63, 3.8) is 0 Å². The molecule has 4 aromatic rings. The van der Waals surface area contributed by atoms with Gasteiger partial charge in [0.2, 0.25) is 0 Å². The Morgan fingerprint density at radius 3 is 2.65 bits per heavy atom. The predicted molar refractivity (Wildman–Crippen MR) is 153 cm³/mol. The number of hydrogen-bond donors (Lipinski definition) is 1. The second kappa shape index (κ2) is 10.8. The number of carboxylic acids is 1. The molecule has 8 heteroatoms. The van der Waals surface area contributed by atoms with Gasteiger partial charge < -0.3 is 23.9 Å². The monoisotopic (exact) mass is 542 g/mol. The molecule has 0 radical (unpaired) electrons. The number of fused-ring (bicyclic) bond motifs is 2. The molecule has 0 aliphatic carbocycles. The Morgan fingerprint density at radius 1 is 1.15 bits per heavy atom. The molecule has 5 rings (SSSR count). The molecule has 0 amide bonds. The molecular formula is C32H34N2O6. The molecule has 1 unspecified atom stereocenters. The third kappa shape index (κ3) is 5.31. The van der Waals surface area contributed by atoms with Crippen LogP contribution in [-0.4, -0.2) is 32.8 Å². The molecule has 0 spiro atoms. The summed E-state index contributed by atoms with van der Waals surface area (Å²) in [5, 5.41) is 11.4. The van der Waals surface area contributed by atoms with Crippen LogP contribution in [0.15, 0.2) is 59.5 Å². The second-order valence-electron chi connectivity index (χ2n) is 11.1. The summed E-state index contributed by atoms with van der Waals surface area (Å²) >= 11 is 0. The Balaban J connectivity index is 1.75. The highest BCUT2D eigenvalue weighted by atomic mass is 16.5. The van der Waals surface area contributed by atoms with E-state index in [0.717, 1.165) is 41.0 Å². The minimum Gasteiger partial charge on any atom is -0.493 e. The maximum Gasteiger partial charge on any atom is 0.339 e. The van der Waals surface area contributed by atoms with Crippen LogP contribution >= 0.6 is 0 Å². The zero-order valence-electron chi connectivity index (χ0n) is 23.5. The summed E-state index contributed by atoms with van der Waals surface area (Å²) in [4.78, 5) is 30.8. The quantitative estimate of drug-likeness (QED) is 0.317. The second-order valence-corrected chi connectivity index (χ2v) is 11.1. The summed E-state index contributed by atoms with van der Waals surface area (Å²) in [5.41, 5.74) is 3.53. The van der Waals surface area contributed by atoms with Crippen molar-refractivity contribution >= 4 is 16.7 Å². The fraction of sp³-hybridized carbons (Fsp3) is 0.344. The molecule has 2 aromatic carbocycles. The number of aliphatic carboxylic acids is 1. The van der Waals surface area contributed by atoms with E-state index in [-0.39, 0.29) is 12.2 Å². The molecule has 0 fully saturated rings. The zero-order chi connectivity index (χ0) is 28.6. The number of nitrogens with zero attached hydrogens (tertiary/aromatic N) is 2. The molecule has 1 N–H and O–H groups in total. The number of rotatable bonds is 7. The van der Waals surface area contributed by atoms with Crippen molar-refractivity contribution in [1.29, 1.82) is 0 Å². The van der Waals surface area contributed by atoms with Crippen LogP contribution < -0.4 is 15.0 Å². The Kier molecular flexibility index (Phi) is 7.38.